The van der Waals surface area contributed by atoms with E-state index in [1.807, 2.05) is 13.8 Å². The SMILES string of the molecule is C1=C(c2ccc(-n3c4ccc5ccccc5c4c4c5ccccc5ccc43)cc2)CCC(N(c2ccccc2)c2ccccc2)=C1.CC. The first-order chi connectivity index (χ1) is 23.8. The Balaban J connectivity index is 0.00000165. The van der Waals surface area contributed by atoms with E-state index in [9.17, 15) is 0 Å². The summed E-state index contributed by atoms with van der Waals surface area (Å²) >= 11 is 0. The van der Waals surface area contributed by atoms with E-state index in [1.165, 1.54) is 77.2 Å². The molecular formula is C46H38N2. The minimum Gasteiger partial charge on any atom is -0.314 e. The normalized spacial score (nSPS) is 12.9. The average molecular weight is 619 g/mol. The molecule has 48 heavy (non-hydrogen) atoms. The topological polar surface area (TPSA) is 8.17 Å². The Labute approximate surface area is 282 Å². The van der Waals surface area contributed by atoms with Crippen LogP contribution in [0.2, 0.25) is 0 Å². The van der Waals surface area contributed by atoms with Gasteiger partial charge in [0.2, 0.25) is 0 Å². The van der Waals surface area contributed by atoms with Crippen LogP contribution in [-0.4, -0.2) is 4.57 Å². The van der Waals surface area contributed by atoms with Gasteiger partial charge in [-0.25, -0.2) is 0 Å². The summed E-state index contributed by atoms with van der Waals surface area (Å²) in [5.41, 5.74) is 10.00. The van der Waals surface area contributed by atoms with Crippen molar-refractivity contribution in [3.8, 4) is 5.69 Å². The van der Waals surface area contributed by atoms with Gasteiger partial charge >= 0.3 is 0 Å². The Morgan fingerprint density at radius 1 is 0.458 bits per heavy atom. The molecule has 1 aliphatic rings. The molecule has 0 saturated carbocycles. The van der Waals surface area contributed by atoms with Gasteiger partial charge < -0.3 is 9.47 Å². The Bertz CT molecular complexity index is 2310. The molecule has 0 bridgehead atoms. The van der Waals surface area contributed by atoms with Crippen molar-refractivity contribution in [3.63, 3.8) is 0 Å². The van der Waals surface area contributed by atoms with Gasteiger partial charge in [0.15, 0.2) is 0 Å². The fourth-order valence-electron chi connectivity index (χ4n) is 7.34. The third-order valence-corrected chi connectivity index (χ3v) is 9.49. The maximum Gasteiger partial charge on any atom is 0.0547 e. The number of para-hydroxylation sites is 2. The number of fused-ring (bicyclic) bond motifs is 7. The lowest BCUT2D eigenvalue weighted by atomic mass is 9.94. The van der Waals surface area contributed by atoms with Crippen molar-refractivity contribution in [2.24, 2.45) is 0 Å². The standard InChI is InChI=1S/C44H32N2.C2H6/c1-3-13-35(14-4-1)45(36-15-5-2-6-16-36)37-25-19-31(20-26-37)32-21-27-38(28-22-32)46-41-29-23-33-11-7-9-17-39(33)43(41)44-40-18-10-8-12-34(40)24-30-42(44)46;1-2/h1-19,21-25,27-30H,20,26H2;1-2H3. The van der Waals surface area contributed by atoms with Crippen molar-refractivity contribution in [2.45, 2.75) is 26.7 Å². The summed E-state index contributed by atoms with van der Waals surface area (Å²) in [5, 5.41) is 7.78. The Kier molecular flexibility index (Phi) is 7.84. The lowest BCUT2D eigenvalue weighted by molar-refractivity contribution is 0.930. The van der Waals surface area contributed by atoms with Crippen LogP contribution >= 0.6 is 0 Å². The first kappa shape index (κ1) is 29.5. The van der Waals surface area contributed by atoms with E-state index in [0.29, 0.717) is 0 Å². The van der Waals surface area contributed by atoms with Gasteiger partial charge in [-0.3, -0.25) is 0 Å². The lowest BCUT2D eigenvalue weighted by Crippen LogP contribution is -2.17. The molecule has 0 spiro atoms. The molecular weight excluding hydrogens is 581 g/mol. The van der Waals surface area contributed by atoms with Gasteiger partial charge in [-0.2, -0.15) is 0 Å². The number of anilines is 2. The van der Waals surface area contributed by atoms with Crippen LogP contribution in [0, 0.1) is 0 Å². The third-order valence-electron chi connectivity index (χ3n) is 9.49. The second-order valence-corrected chi connectivity index (χ2v) is 12.1. The molecule has 0 aliphatic heterocycles. The number of hydrogen-bond donors (Lipinski definition) is 0. The van der Waals surface area contributed by atoms with Crippen molar-refractivity contribution in [3.05, 3.63) is 181 Å². The molecule has 0 atom stereocenters. The van der Waals surface area contributed by atoms with Gasteiger partial charge in [-0.1, -0.05) is 129 Å². The quantitative estimate of drug-likeness (QED) is 0.186. The molecule has 1 heterocycles. The van der Waals surface area contributed by atoms with Gasteiger partial charge in [0.05, 0.1) is 11.0 Å². The fraction of sp³-hybridized carbons (Fsp3) is 0.0870. The van der Waals surface area contributed by atoms with E-state index in [1.54, 1.807) is 0 Å². The predicted molar refractivity (Wildman–Crippen MR) is 207 cm³/mol. The number of aromatic nitrogens is 1. The van der Waals surface area contributed by atoms with Gasteiger partial charge in [-0.05, 0) is 100 Å². The minimum absolute atomic E-state index is 0.977. The molecule has 0 saturated heterocycles. The lowest BCUT2D eigenvalue weighted by Gasteiger charge is -2.30. The van der Waals surface area contributed by atoms with Crippen molar-refractivity contribution in [2.75, 3.05) is 4.90 Å². The first-order valence-electron chi connectivity index (χ1n) is 17.1. The van der Waals surface area contributed by atoms with Gasteiger partial charge in [0.1, 0.15) is 0 Å². The molecule has 0 fully saturated rings. The van der Waals surface area contributed by atoms with Crippen LogP contribution in [0.15, 0.2) is 176 Å². The molecule has 8 aromatic rings. The largest absolute Gasteiger partial charge is 0.314 e. The number of allylic oxidation sites excluding steroid dienone is 4. The van der Waals surface area contributed by atoms with E-state index in [2.05, 4.69) is 179 Å². The summed E-state index contributed by atoms with van der Waals surface area (Å²) in [4.78, 5) is 2.38. The monoisotopic (exact) mass is 618 g/mol. The van der Waals surface area contributed by atoms with E-state index >= 15 is 0 Å². The number of hydrogen-bond acceptors (Lipinski definition) is 1. The number of nitrogens with zero attached hydrogens (tertiary/aromatic N) is 2. The summed E-state index contributed by atoms with van der Waals surface area (Å²) < 4.78 is 2.44. The van der Waals surface area contributed by atoms with Gasteiger partial charge in [-0.15, -0.1) is 0 Å². The zero-order valence-electron chi connectivity index (χ0n) is 27.5. The molecule has 0 unspecified atom stereocenters. The van der Waals surface area contributed by atoms with Crippen LogP contribution in [0.4, 0.5) is 11.4 Å². The molecule has 232 valence electrons. The molecule has 9 rings (SSSR count). The van der Waals surface area contributed by atoms with Crippen LogP contribution in [-0.2, 0) is 0 Å². The second kappa shape index (κ2) is 12.7. The third kappa shape index (κ3) is 5.07. The van der Waals surface area contributed by atoms with E-state index in [0.717, 1.165) is 12.8 Å². The highest BCUT2D eigenvalue weighted by atomic mass is 15.1. The van der Waals surface area contributed by atoms with Crippen LogP contribution < -0.4 is 4.90 Å². The van der Waals surface area contributed by atoms with E-state index < -0.39 is 0 Å². The van der Waals surface area contributed by atoms with Crippen LogP contribution in [0.1, 0.15) is 32.3 Å². The summed E-state index contributed by atoms with van der Waals surface area (Å²) in [7, 11) is 0. The maximum atomic E-state index is 2.44. The second-order valence-electron chi connectivity index (χ2n) is 12.1. The molecule has 1 aliphatic carbocycles. The highest BCUT2D eigenvalue weighted by Crippen LogP contribution is 2.41. The zero-order chi connectivity index (χ0) is 32.5. The molecule has 7 aromatic carbocycles. The molecule has 2 heteroatoms. The van der Waals surface area contributed by atoms with Crippen LogP contribution in [0.5, 0.6) is 0 Å². The molecule has 0 amide bonds. The van der Waals surface area contributed by atoms with Crippen molar-refractivity contribution in [1.29, 1.82) is 0 Å². The van der Waals surface area contributed by atoms with Gasteiger partial charge in [0, 0.05) is 33.5 Å². The molecule has 2 nitrogen and oxygen atoms in total. The number of rotatable bonds is 5. The van der Waals surface area contributed by atoms with Crippen molar-refractivity contribution >= 4 is 60.3 Å². The predicted octanol–water partition coefficient (Wildman–Crippen LogP) is 13.0. The molecule has 0 radical (unpaired) electrons. The summed E-state index contributed by atoms with van der Waals surface area (Å²) in [6.07, 6.45) is 6.58. The zero-order valence-corrected chi connectivity index (χ0v) is 27.5. The highest BCUT2D eigenvalue weighted by Gasteiger charge is 2.19. The van der Waals surface area contributed by atoms with Crippen LogP contribution in [0.3, 0.4) is 0 Å². The van der Waals surface area contributed by atoms with Crippen LogP contribution in [0.25, 0.3) is 54.6 Å². The summed E-state index contributed by atoms with van der Waals surface area (Å²) in [6, 6.07) is 57.1. The minimum atomic E-state index is 0.977. The first-order valence-corrected chi connectivity index (χ1v) is 17.1. The highest BCUT2D eigenvalue weighted by molar-refractivity contribution is 6.28. The van der Waals surface area contributed by atoms with Gasteiger partial charge in [0.25, 0.3) is 0 Å². The Hall–Kier alpha value is -5.86. The molecule has 0 N–H and O–H groups in total. The Morgan fingerprint density at radius 3 is 1.46 bits per heavy atom. The fourth-order valence-corrected chi connectivity index (χ4v) is 7.34. The Morgan fingerprint density at radius 2 is 0.958 bits per heavy atom. The van der Waals surface area contributed by atoms with Crippen molar-refractivity contribution < 1.29 is 0 Å². The summed E-state index contributed by atoms with van der Waals surface area (Å²) in [6.45, 7) is 4.00. The van der Waals surface area contributed by atoms with Crippen molar-refractivity contribution in [1.82, 2.24) is 4.57 Å². The average Bonchev–Trinajstić information content (AvgIpc) is 3.52. The van der Waals surface area contributed by atoms with E-state index in [-0.39, 0.29) is 0 Å². The molecule has 1 aromatic heterocycles. The summed E-state index contributed by atoms with van der Waals surface area (Å²) in [5.74, 6) is 0. The number of benzene rings is 7. The smallest absolute Gasteiger partial charge is 0.0547 e. The maximum absolute atomic E-state index is 2.44. The van der Waals surface area contributed by atoms with E-state index in [4.69, 9.17) is 0 Å².